The second-order valence-corrected chi connectivity index (χ2v) is 6.66. The van der Waals surface area contributed by atoms with Gasteiger partial charge in [-0.3, -0.25) is 24.3 Å². The molecule has 0 spiro atoms. The minimum absolute atomic E-state index is 0.00360. The molecule has 2 amide bonds. The van der Waals surface area contributed by atoms with Crippen molar-refractivity contribution in [3.63, 3.8) is 0 Å². The Labute approximate surface area is 169 Å². The van der Waals surface area contributed by atoms with E-state index in [1.54, 1.807) is 12.4 Å². The van der Waals surface area contributed by atoms with Gasteiger partial charge in [-0.25, -0.2) is 0 Å². The standard InChI is InChI=1S/C18H26N4O4.CH2O2/c1-14(23)20-12-17(24)22-7-10-26-16(13-21-5-8-25-9-6-21)18(22)15-3-2-4-19-11-15;2-1-3/h2-4,11,16,18H,5-10,12-13H2,1H3,(H,20,23);1H,(H,2,3)/t16-,18-;/m0./s1. The van der Waals surface area contributed by atoms with Gasteiger partial charge in [-0.2, -0.15) is 0 Å². The van der Waals surface area contributed by atoms with Crippen LogP contribution in [0, 0.1) is 0 Å². The lowest BCUT2D eigenvalue weighted by molar-refractivity contribution is -0.149. The summed E-state index contributed by atoms with van der Waals surface area (Å²) in [5, 5.41) is 9.49. The number of nitrogens with zero attached hydrogens (tertiary/aromatic N) is 3. The van der Waals surface area contributed by atoms with Gasteiger partial charge >= 0.3 is 0 Å². The molecule has 2 saturated heterocycles. The number of hydrogen-bond donors (Lipinski definition) is 2. The minimum Gasteiger partial charge on any atom is -0.483 e. The number of rotatable bonds is 5. The highest BCUT2D eigenvalue weighted by Gasteiger charge is 2.37. The largest absolute Gasteiger partial charge is 0.483 e. The van der Waals surface area contributed by atoms with Crippen molar-refractivity contribution in [1.29, 1.82) is 0 Å². The molecule has 29 heavy (non-hydrogen) atoms. The van der Waals surface area contributed by atoms with Crippen LogP contribution >= 0.6 is 0 Å². The molecule has 0 unspecified atom stereocenters. The molecule has 3 rings (SSSR count). The van der Waals surface area contributed by atoms with Gasteiger partial charge in [-0.1, -0.05) is 6.07 Å². The lowest BCUT2D eigenvalue weighted by atomic mass is 9.98. The summed E-state index contributed by atoms with van der Waals surface area (Å²) in [7, 11) is 0. The van der Waals surface area contributed by atoms with Crippen molar-refractivity contribution >= 4 is 18.3 Å². The Kier molecular flexibility index (Phi) is 9.48. The first kappa shape index (κ1) is 22.7. The fourth-order valence-corrected chi connectivity index (χ4v) is 3.45. The van der Waals surface area contributed by atoms with E-state index in [9.17, 15) is 9.59 Å². The van der Waals surface area contributed by atoms with Crippen molar-refractivity contribution < 1.29 is 29.0 Å². The molecular weight excluding hydrogens is 380 g/mol. The van der Waals surface area contributed by atoms with Crippen molar-refractivity contribution in [2.75, 3.05) is 52.5 Å². The lowest BCUT2D eigenvalue weighted by Gasteiger charge is -2.43. The summed E-state index contributed by atoms with van der Waals surface area (Å²) >= 11 is 0. The van der Waals surface area contributed by atoms with Crippen LogP contribution in [0.1, 0.15) is 18.5 Å². The van der Waals surface area contributed by atoms with Crippen LogP contribution in [0.5, 0.6) is 0 Å². The van der Waals surface area contributed by atoms with Crippen LogP contribution < -0.4 is 5.32 Å². The van der Waals surface area contributed by atoms with E-state index < -0.39 is 0 Å². The topological polar surface area (TPSA) is 121 Å². The number of hydrogen-bond acceptors (Lipinski definition) is 7. The normalized spacial score (nSPS) is 22.2. The van der Waals surface area contributed by atoms with Gasteiger partial charge < -0.3 is 24.8 Å². The van der Waals surface area contributed by atoms with Gasteiger partial charge in [-0.15, -0.1) is 0 Å². The molecule has 1 aromatic rings. The van der Waals surface area contributed by atoms with E-state index in [-0.39, 0.29) is 37.0 Å². The van der Waals surface area contributed by atoms with Crippen molar-refractivity contribution in [3.05, 3.63) is 30.1 Å². The zero-order valence-electron chi connectivity index (χ0n) is 16.5. The molecular formula is C19H28N4O6. The molecule has 2 fully saturated rings. The van der Waals surface area contributed by atoms with Crippen molar-refractivity contribution in [1.82, 2.24) is 20.1 Å². The Morgan fingerprint density at radius 1 is 1.31 bits per heavy atom. The zero-order valence-corrected chi connectivity index (χ0v) is 16.5. The number of ether oxygens (including phenoxy) is 2. The number of amides is 2. The van der Waals surface area contributed by atoms with Crippen LogP contribution in [-0.4, -0.2) is 96.8 Å². The predicted molar refractivity (Wildman–Crippen MR) is 103 cm³/mol. The summed E-state index contributed by atoms with van der Waals surface area (Å²) in [6, 6.07) is 3.62. The second kappa shape index (κ2) is 12.1. The molecule has 2 N–H and O–H groups in total. The monoisotopic (exact) mass is 408 g/mol. The van der Waals surface area contributed by atoms with Gasteiger partial charge in [0.1, 0.15) is 0 Å². The summed E-state index contributed by atoms with van der Waals surface area (Å²) < 4.78 is 11.5. The fourth-order valence-electron chi connectivity index (χ4n) is 3.45. The first-order valence-electron chi connectivity index (χ1n) is 9.50. The van der Waals surface area contributed by atoms with Crippen molar-refractivity contribution in [2.45, 2.75) is 19.1 Å². The van der Waals surface area contributed by atoms with E-state index >= 15 is 0 Å². The number of aromatic nitrogens is 1. The van der Waals surface area contributed by atoms with Gasteiger partial charge in [0.15, 0.2) is 0 Å². The van der Waals surface area contributed by atoms with Crippen LogP contribution in [0.3, 0.4) is 0 Å². The minimum atomic E-state index is -0.250. The first-order valence-corrected chi connectivity index (χ1v) is 9.50. The Hall–Kier alpha value is -2.56. The number of carbonyl (C=O) groups is 3. The first-order chi connectivity index (χ1) is 14.1. The van der Waals surface area contributed by atoms with Gasteiger partial charge in [0.05, 0.1) is 38.5 Å². The Balaban J connectivity index is 0.000000941. The SMILES string of the molecule is CC(=O)NCC(=O)N1CCO[C@@H](CN2CCOCC2)[C@@H]1c1cccnc1.O=CO. The van der Waals surface area contributed by atoms with E-state index in [1.807, 2.05) is 17.0 Å². The van der Waals surface area contributed by atoms with Crippen LogP contribution in [0.25, 0.3) is 0 Å². The fraction of sp³-hybridized carbons (Fsp3) is 0.579. The van der Waals surface area contributed by atoms with Crippen molar-refractivity contribution in [2.24, 2.45) is 0 Å². The lowest BCUT2D eigenvalue weighted by Crippen LogP contribution is -2.54. The maximum Gasteiger partial charge on any atom is 0.290 e. The quantitative estimate of drug-likeness (QED) is 0.627. The van der Waals surface area contributed by atoms with Gasteiger partial charge in [0, 0.05) is 45.5 Å². The van der Waals surface area contributed by atoms with Gasteiger partial charge in [0.2, 0.25) is 11.8 Å². The molecule has 10 nitrogen and oxygen atoms in total. The third-order valence-electron chi connectivity index (χ3n) is 4.73. The van der Waals surface area contributed by atoms with Gasteiger partial charge in [0.25, 0.3) is 6.47 Å². The summed E-state index contributed by atoms with van der Waals surface area (Å²) in [6.45, 7) is 6.02. The number of carboxylic acid groups (broad SMARTS) is 1. The molecule has 1 aromatic heterocycles. The molecule has 160 valence electrons. The summed E-state index contributed by atoms with van der Waals surface area (Å²) in [5.41, 5.74) is 0.946. The summed E-state index contributed by atoms with van der Waals surface area (Å²) in [4.78, 5) is 40.6. The van der Waals surface area contributed by atoms with Crippen LogP contribution in [0.4, 0.5) is 0 Å². The Morgan fingerprint density at radius 2 is 2.03 bits per heavy atom. The Bertz CT molecular complexity index is 653. The third kappa shape index (κ3) is 7.08. The highest BCUT2D eigenvalue weighted by molar-refractivity contribution is 5.84. The number of carbonyl (C=O) groups excluding carboxylic acids is 2. The van der Waals surface area contributed by atoms with Crippen molar-refractivity contribution in [3.8, 4) is 0 Å². The molecule has 10 heteroatoms. The second-order valence-electron chi connectivity index (χ2n) is 6.66. The highest BCUT2D eigenvalue weighted by Crippen LogP contribution is 2.30. The predicted octanol–water partition coefficient (Wildman–Crippen LogP) is -0.481. The molecule has 2 aliphatic heterocycles. The molecule has 2 atom stereocenters. The average Bonchev–Trinajstić information content (AvgIpc) is 2.74. The van der Waals surface area contributed by atoms with Gasteiger partial charge in [-0.05, 0) is 11.6 Å². The van der Waals surface area contributed by atoms with E-state index in [2.05, 4.69) is 15.2 Å². The average molecular weight is 408 g/mol. The van der Waals surface area contributed by atoms with E-state index in [0.717, 1.165) is 38.4 Å². The maximum absolute atomic E-state index is 12.7. The molecule has 0 saturated carbocycles. The number of pyridine rings is 1. The van der Waals surface area contributed by atoms with E-state index in [4.69, 9.17) is 19.4 Å². The molecule has 0 aromatic carbocycles. The molecule has 0 bridgehead atoms. The molecule has 2 aliphatic rings. The molecule has 0 aliphatic carbocycles. The van der Waals surface area contributed by atoms with E-state index in [1.165, 1.54) is 6.92 Å². The summed E-state index contributed by atoms with van der Waals surface area (Å²) in [6.07, 6.45) is 3.35. The van der Waals surface area contributed by atoms with Crippen LogP contribution in [0.15, 0.2) is 24.5 Å². The van der Waals surface area contributed by atoms with Crippen LogP contribution in [0.2, 0.25) is 0 Å². The smallest absolute Gasteiger partial charge is 0.290 e. The zero-order chi connectivity index (χ0) is 21.1. The molecule has 0 radical (unpaired) electrons. The number of morpholine rings is 2. The van der Waals surface area contributed by atoms with Crippen LogP contribution in [-0.2, 0) is 23.9 Å². The number of nitrogens with one attached hydrogen (secondary N) is 1. The Morgan fingerprint density at radius 3 is 2.66 bits per heavy atom. The highest BCUT2D eigenvalue weighted by atomic mass is 16.5. The third-order valence-corrected chi connectivity index (χ3v) is 4.73. The molecule has 3 heterocycles. The summed E-state index contributed by atoms with van der Waals surface area (Å²) in [5.74, 6) is -0.321. The van der Waals surface area contributed by atoms with E-state index in [0.29, 0.717) is 13.2 Å². The maximum atomic E-state index is 12.7.